The number of phenols is 1. The Bertz CT molecular complexity index is 1000. The van der Waals surface area contributed by atoms with Crippen LogP contribution < -0.4 is 10.1 Å². The number of thioether (sulfide) groups is 1. The lowest BCUT2D eigenvalue weighted by Crippen LogP contribution is -2.19. The Labute approximate surface area is 158 Å². The van der Waals surface area contributed by atoms with E-state index >= 15 is 0 Å². The maximum absolute atomic E-state index is 12.2. The topological polar surface area (TPSA) is 114 Å². The Balaban J connectivity index is 1.93. The van der Waals surface area contributed by atoms with Gasteiger partial charge in [0.2, 0.25) is 5.75 Å². The van der Waals surface area contributed by atoms with E-state index < -0.39 is 16.4 Å². The van der Waals surface area contributed by atoms with Gasteiger partial charge in [-0.25, -0.2) is 4.99 Å². The SMILES string of the molecule is COc1cc(/C=C2\SC(=Nc3cccc(C)c3)NC2=O)cc([N+](=O)[O-])c1O. The number of nitrogens with zero attached hydrogens (tertiary/aromatic N) is 2. The number of carbonyl (C=O) groups excluding carboxylic acids is 1. The van der Waals surface area contributed by atoms with Crippen molar-refractivity contribution in [3.05, 3.63) is 62.5 Å². The summed E-state index contributed by atoms with van der Waals surface area (Å²) < 4.78 is 4.96. The Morgan fingerprint density at radius 2 is 2.11 bits per heavy atom. The highest BCUT2D eigenvalue weighted by Crippen LogP contribution is 2.38. The van der Waals surface area contributed by atoms with Gasteiger partial charge >= 0.3 is 5.69 Å². The fourth-order valence-electron chi connectivity index (χ4n) is 2.44. The number of amides is 1. The summed E-state index contributed by atoms with van der Waals surface area (Å²) in [6.45, 7) is 1.94. The number of methoxy groups -OCH3 is 1. The molecule has 0 unspecified atom stereocenters. The number of hydrogen-bond acceptors (Lipinski definition) is 7. The van der Waals surface area contributed by atoms with Gasteiger partial charge in [0.15, 0.2) is 10.9 Å². The normalized spacial score (nSPS) is 16.6. The molecule has 0 saturated carbocycles. The molecule has 2 aromatic rings. The third-order valence-electron chi connectivity index (χ3n) is 3.67. The van der Waals surface area contributed by atoms with Gasteiger partial charge in [-0.05, 0) is 54.1 Å². The van der Waals surface area contributed by atoms with Gasteiger partial charge in [0.25, 0.3) is 5.91 Å². The molecule has 2 N–H and O–H groups in total. The zero-order chi connectivity index (χ0) is 19.6. The molecule has 0 atom stereocenters. The minimum absolute atomic E-state index is 0.0480. The summed E-state index contributed by atoms with van der Waals surface area (Å²) in [5, 5.41) is 24.0. The van der Waals surface area contributed by atoms with Crippen LogP contribution in [0, 0.1) is 17.0 Å². The number of aryl methyl sites for hydroxylation is 1. The van der Waals surface area contributed by atoms with Crippen LogP contribution in [0.4, 0.5) is 11.4 Å². The first-order valence-electron chi connectivity index (χ1n) is 7.79. The third kappa shape index (κ3) is 4.09. The van der Waals surface area contributed by atoms with Gasteiger partial charge in [-0.15, -0.1) is 0 Å². The van der Waals surface area contributed by atoms with E-state index in [2.05, 4.69) is 10.3 Å². The number of benzene rings is 2. The summed E-state index contributed by atoms with van der Waals surface area (Å²) in [4.78, 5) is 27.3. The second kappa shape index (κ2) is 7.50. The number of ether oxygens (including phenoxy) is 1. The monoisotopic (exact) mass is 385 g/mol. The fraction of sp³-hybridized carbons (Fsp3) is 0.111. The number of phenolic OH excluding ortho intramolecular Hbond substituents is 1. The van der Waals surface area contributed by atoms with Crippen LogP contribution in [-0.4, -0.2) is 28.2 Å². The molecule has 0 spiro atoms. The quantitative estimate of drug-likeness (QED) is 0.473. The smallest absolute Gasteiger partial charge is 0.315 e. The average Bonchev–Trinajstić information content (AvgIpc) is 2.95. The van der Waals surface area contributed by atoms with Crippen molar-refractivity contribution < 1.29 is 19.6 Å². The van der Waals surface area contributed by atoms with Crippen LogP contribution in [0.25, 0.3) is 6.08 Å². The van der Waals surface area contributed by atoms with Crippen LogP contribution in [0.5, 0.6) is 11.5 Å². The van der Waals surface area contributed by atoms with Gasteiger partial charge < -0.3 is 15.2 Å². The van der Waals surface area contributed by atoms with Gasteiger partial charge in [0, 0.05) is 6.07 Å². The lowest BCUT2D eigenvalue weighted by molar-refractivity contribution is -0.386. The number of carbonyl (C=O) groups is 1. The molecule has 1 aliphatic heterocycles. The lowest BCUT2D eigenvalue weighted by Gasteiger charge is -2.05. The predicted molar refractivity (Wildman–Crippen MR) is 103 cm³/mol. The van der Waals surface area contributed by atoms with Gasteiger partial charge in [0.1, 0.15) is 0 Å². The first kappa shape index (κ1) is 18.5. The van der Waals surface area contributed by atoms with Crippen molar-refractivity contribution in [1.82, 2.24) is 5.32 Å². The highest BCUT2D eigenvalue weighted by molar-refractivity contribution is 8.18. The number of nitro groups is 1. The molecule has 1 amide bonds. The first-order valence-corrected chi connectivity index (χ1v) is 8.60. The number of aromatic hydroxyl groups is 1. The molecule has 138 valence electrons. The number of aliphatic imine (C=N–C) groups is 1. The van der Waals surface area contributed by atoms with Crippen molar-refractivity contribution in [1.29, 1.82) is 0 Å². The summed E-state index contributed by atoms with van der Waals surface area (Å²) in [7, 11) is 1.29. The molecular weight excluding hydrogens is 370 g/mol. The maximum atomic E-state index is 12.2. The van der Waals surface area contributed by atoms with Crippen LogP contribution in [0.1, 0.15) is 11.1 Å². The van der Waals surface area contributed by atoms with Crippen molar-refractivity contribution in [2.45, 2.75) is 6.92 Å². The zero-order valence-corrected chi connectivity index (χ0v) is 15.2. The van der Waals surface area contributed by atoms with Crippen molar-refractivity contribution in [2.24, 2.45) is 4.99 Å². The van der Waals surface area contributed by atoms with E-state index in [1.165, 1.54) is 25.3 Å². The van der Waals surface area contributed by atoms with E-state index in [-0.39, 0.29) is 11.7 Å². The van der Waals surface area contributed by atoms with Crippen LogP contribution in [0.2, 0.25) is 0 Å². The van der Waals surface area contributed by atoms with E-state index in [9.17, 15) is 20.0 Å². The number of nitrogens with one attached hydrogen (secondary N) is 1. The molecule has 0 bridgehead atoms. The van der Waals surface area contributed by atoms with E-state index in [4.69, 9.17) is 4.74 Å². The number of amidine groups is 1. The van der Waals surface area contributed by atoms with Gasteiger partial charge in [-0.3, -0.25) is 14.9 Å². The number of hydrogen-bond donors (Lipinski definition) is 2. The first-order chi connectivity index (χ1) is 12.9. The van der Waals surface area contributed by atoms with E-state index in [1.807, 2.05) is 31.2 Å². The summed E-state index contributed by atoms with van der Waals surface area (Å²) in [6.07, 6.45) is 1.48. The molecule has 0 aromatic heterocycles. The number of rotatable bonds is 4. The molecule has 9 heteroatoms. The Morgan fingerprint density at radius 1 is 1.33 bits per heavy atom. The summed E-state index contributed by atoms with van der Waals surface area (Å²) in [5.74, 6) is -0.968. The number of nitro benzene ring substituents is 1. The summed E-state index contributed by atoms with van der Waals surface area (Å²) >= 11 is 1.12. The van der Waals surface area contributed by atoms with Crippen LogP contribution >= 0.6 is 11.8 Å². The van der Waals surface area contributed by atoms with Crippen molar-refractivity contribution >= 4 is 40.3 Å². The molecule has 8 nitrogen and oxygen atoms in total. The zero-order valence-electron chi connectivity index (χ0n) is 14.4. The molecule has 0 aliphatic carbocycles. The highest BCUT2D eigenvalue weighted by Gasteiger charge is 2.25. The van der Waals surface area contributed by atoms with Crippen molar-refractivity contribution in [3.8, 4) is 11.5 Å². The highest BCUT2D eigenvalue weighted by atomic mass is 32.2. The van der Waals surface area contributed by atoms with E-state index in [0.29, 0.717) is 21.3 Å². The minimum Gasteiger partial charge on any atom is -0.500 e. The van der Waals surface area contributed by atoms with Crippen molar-refractivity contribution in [2.75, 3.05) is 7.11 Å². The molecule has 1 aliphatic rings. The fourth-order valence-corrected chi connectivity index (χ4v) is 3.28. The average molecular weight is 385 g/mol. The molecule has 1 heterocycles. The van der Waals surface area contributed by atoms with Crippen molar-refractivity contribution in [3.63, 3.8) is 0 Å². The summed E-state index contributed by atoms with van der Waals surface area (Å²) in [5.41, 5.74) is 1.61. The van der Waals surface area contributed by atoms with Crippen LogP contribution in [0.15, 0.2) is 46.3 Å². The molecule has 27 heavy (non-hydrogen) atoms. The van der Waals surface area contributed by atoms with E-state index in [0.717, 1.165) is 17.3 Å². The molecule has 1 saturated heterocycles. The molecular formula is C18H15N3O5S. The van der Waals surface area contributed by atoms with Crippen LogP contribution in [0.3, 0.4) is 0 Å². The Morgan fingerprint density at radius 3 is 2.78 bits per heavy atom. The lowest BCUT2D eigenvalue weighted by atomic mass is 10.1. The largest absolute Gasteiger partial charge is 0.500 e. The Hall–Kier alpha value is -3.33. The van der Waals surface area contributed by atoms with Gasteiger partial charge in [-0.1, -0.05) is 12.1 Å². The third-order valence-corrected chi connectivity index (χ3v) is 4.58. The summed E-state index contributed by atoms with van der Waals surface area (Å²) in [6, 6.07) is 10.1. The van der Waals surface area contributed by atoms with Gasteiger partial charge in [0.05, 0.1) is 22.6 Å². The van der Waals surface area contributed by atoms with Gasteiger partial charge in [-0.2, -0.15) is 0 Å². The van der Waals surface area contributed by atoms with Crippen LogP contribution in [-0.2, 0) is 4.79 Å². The Kier molecular flexibility index (Phi) is 5.13. The maximum Gasteiger partial charge on any atom is 0.315 e. The molecule has 2 aromatic carbocycles. The van der Waals surface area contributed by atoms with E-state index in [1.54, 1.807) is 0 Å². The standard InChI is InChI=1S/C18H15N3O5S/c1-10-4-3-5-12(6-10)19-18-20-17(23)15(27-18)9-11-7-13(21(24)25)16(22)14(8-11)26-2/h3-9,22H,1-2H3,(H,19,20,23)/b15-9-. The predicted octanol–water partition coefficient (Wildman–Crippen LogP) is 3.51. The molecule has 1 fully saturated rings. The second-order valence-electron chi connectivity index (χ2n) is 5.67. The molecule has 3 rings (SSSR count). The second-order valence-corrected chi connectivity index (χ2v) is 6.70. The molecule has 0 radical (unpaired) electrons. The minimum atomic E-state index is -0.716.